The molecule has 31 heavy (non-hydrogen) atoms. The first-order valence-electron chi connectivity index (χ1n) is 11.4. The summed E-state index contributed by atoms with van der Waals surface area (Å²) in [5.74, 6) is 0.986. The quantitative estimate of drug-likeness (QED) is 0.280. The summed E-state index contributed by atoms with van der Waals surface area (Å²) in [7, 11) is 0. The molecule has 2 aromatic carbocycles. The average molecular weight is 533 g/mol. The maximum absolute atomic E-state index is 6.01. The molecule has 1 aliphatic rings. The van der Waals surface area contributed by atoms with Crippen LogP contribution in [0.3, 0.4) is 0 Å². The summed E-state index contributed by atoms with van der Waals surface area (Å²) in [5, 5.41) is 0. The molecule has 0 amide bonds. The fraction of sp³-hybridized carbons (Fsp3) is 0.444. The Morgan fingerprint density at radius 3 is 2.52 bits per heavy atom. The van der Waals surface area contributed by atoms with Crippen LogP contribution in [0.15, 0.2) is 42.5 Å². The van der Waals surface area contributed by atoms with Crippen molar-refractivity contribution in [2.45, 2.75) is 53.4 Å². The van der Waals surface area contributed by atoms with Crippen LogP contribution in [0.2, 0.25) is 0 Å². The molecule has 2 aromatic rings. The maximum atomic E-state index is 6.01. The fourth-order valence-electron chi connectivity index (χ4n) is 4.43. The molecule has 3 nitrogen and oxygen atoms in total. The molecule has 0 saturated carbocycles. The molecule has 0 spiro atoms. The Balaban J connectivity index is 0.00000341. The highest BCUT2D eigenvalue weighted by molar-refractivity contribution is 5.80. The molecule has 0 fully saturated rings. The Labute approximate surface area is 205 Å². The van der Waals surface area contributed by atoms with Gasteiger partial charge in [-0.2, -0.15) is 0 Å². The fourth-order valence-corrected chi connectivity index (χ4v) is 4.43. The molecule has 0 unspecified atom stereocenters. The second-order valence-corrected chi connectivity index (χ2v) is 8.39. The van der Waals surface area contributed by atoms with Crippen LogP contribution in [-0.4, -0.2) is 37.2 Å². The van der Waals surface area contributed by atoms with E-state index in [9.17, 15) is 0 Å². The first-order valence-corrected chi connectivity index (χ1v) is 11.4. The van der Waals surface area contributed by atoms with Crippen molar-refractivity contribution in [3.63, 3.8) is 0 Å². The van der Waals surface area contributed by atoms with Crippen LogP contribution < -0.4 is 33.6 Å². The van der Waals surface area contributed by atoms with Gasteiger partial charge in [-0.1, -0.05) is 48.0 Å². The largest absolute Gasteiger partial charge is 1.00 e. The monoisotopic (exact) mass is 532 g/mol. The predicted molar refractivity (Wildman–Crippen MR) is 129 cm³/mol. The first kappa shape index (κ1) is 25.4. The molecule has 1 heterocycles. The molecule has 1 aliphatic heterocycles. The molecule has 3 rings (SSSR count). The average Bonchev–Trinajstić information content (AvgIpc) is 2.71. The van der Waals surface area contributed by atoms with Gasteiger partial charge in [0.05, 0.1) is 26.2 Å². The maximum Gasteiger partial charge on any atom is 0.239 e. The van der Waals surface area contributed by atoms with Gasteiger partial charge in [0.15, 0.2) is 0 Å². The lowest BCUT2D eigenvalue weighted by Crippen LogP contribution is -3.00. The SMILES string of the molecule is C/C=C\c1ccccc1OCCCCC[N+]1=CN(c2c(C)cc(C)cc2C)CCC1.[I-]. The number of anilines is 1. The van der Waals surface area contributed by atoms with Crippen molar-refractivity contribution in [3.05, 3.63) is 64.7 Å². The molecular weight excluding hydrogens is 495 g/mol. The zero-order chi connectivity index (χ0) is 21.3. The molecule has 0 atom stereocenters. The van der Waals surface area contributed by atoms with Crippen LogP contribution >= 0.6 is 0 Å². The zero-order valence-corrected chi connectivity index (χ0v) is 21.7. The Hall–Kier alpha value is -1.82. The van der Waals surface area contributed by atoms with Crippen molar-refractivity contribution in [2.75, 3.05) is 31.1 Å². The van der Waals surface area contributed by atoms with E-state index in [1.165, 1.54) is 41.6 Å². The molecule has 4 heteroatoms. The number of ether oxygens (including phenoxy) is 1. The van der Waals surface area contributed by atoms with E-state index < -0.39 is 0 Å². The number of benzene rings is 2. The van der Waals surface area contributed by atoms with E-state index >= 15 is 0 Å². The van der Waals surface area contributed by atoms with Crippen LogP contribution in [0.1, 0.15) is 54.9 Å². The Morgan fingerprint density at radius 2 is 1.77 bits per heavy atom. The van der Waals surface area contributed by atoms with Gasteiger partial charge in [0.1, 0.15) is 11.4 Å². The third kappa shape index (κ3) is 7.37. The van der Waals surface area contributed by atoms with E-state index in [0.717, 1.165) is 44.0 Å². The molecule has 168 valence electrons. The molecule has 0 radical (unpaired) electrons. The van der Waals surface area contributed by atoms with Gasteiger partial charge in [-0.15, -0.1) is 0 Å². The van der Waals surface area contributed by atoms with Gasteiger partial charge < -0.3 is 28.7 Å². The lowest BCUT2D eigenvalue weighted by molar-refractivity contribution is -0.527. The highest BCUT2D eigenvalue weighted by Gasteiger charge is 2.22. The van der Waals surface area contributed by atoms with Gasteiger partial charge in [-0.05, 0) is 64.2 Å². The summed E-state index contributed by atoms with van der Waals surface area (Å²) in [5.41, 5.74) is 6.64. The van der Waals surface area contributed by atoms with Gasteiger partial charge in [0.2, 0.25) is 6.34 Å². The van der Waals surface area contributed by atoms with Crippen molar-refractivity contribution in [2.24, 2.45) is 0 Å². The van der Waals surface area contributed by atoms with Crippen LogP contribution in [0, 0.1) is 20.8 Å². The molecule has 0 saturated heterocycles. The van der Waals surface area contributed by atoms with Gasteiger partial charge in [-0.3, -0.25) is 4.58 Å². The second-order valence-electron chi connectivity index (χ2n) is 8.39. The van der Waals surface area contributed by atoms with Gasteiger partial charge in [0, 0.05) is 12.0 Å². The number of nitrogens with zero attached hydrogens (tertiary/aromatic N) is 2. The highest BCUT2D eigenvalue weighted by Crippen LogP contribution is 2.26. The normalized spacial score (nSPS) is 13.8. The van der Waals surface area contributed by atoms with Crippen LogP contribution in [0.5, 0.6) is 5.75 Å². The standard InChI is InChI=1S/C27H37N2O.HI/c1-5-12-25-13-7-8-14-26(25)30-18-10-6-9-15-28-16-11-17-29(21-28)27-23(3)19-22(2)20-24(27)4;/h5,7-8,12-14,19-21H,6,9-11,15-18H2,1-4H3;1H/q+1;/p-1/b12-5-;. The Kier molecular flexibility index (Phi) is 10.6. The van der Waals surface area contributed by atoms with E-state index in [2.05, 4.69) is 79.1 Å². The Bertz CT molecular complexity index is 881. The molecule has 0 bridgehead atoms. The second kappa shape index (κ2) is 12.9. The van der Waals surface area contributed by atoms with Crippen molar-refractivity contribution in [1.29, 1.82) is 0 Å². The van der Waals surface area contributed by atoms with Crippen molar-refractivity contribution in [1.82, 2.24) is 0 Å². The molecular formula is C27H37IN2O. The third-order valence-electron chi connectivity index (χ3n) is 5.68. The summed E-state index contributed by atoms with van der Waals surface area (Å²) in [6.45, 7) is 12.9. The lowest BCUT2D eigenvalue weighted by Gasteiger charge is -2.23. The minimum Gasteiger partial charge on any atom is -1.00 e. The first-order chi connectivity index (χ1) is 14.6. The van der Waals surface area contributed by atoms with Gasteiger partial charge in [-0.25, -0.2) is 4.90 Å². The number of hydrogen-bond donors (Lipinski definition) is 0. The molecule has 0 aliphatic carbocycles. The van der Waals surface area contributed by atoms with Crippen molar-refractivity contribution in [3.8, 4) is 5.75 Å². The van der Waals surface area contributed by atoms with Crippen molar-refractivity contribution < 1.29 is 33.3 Å². The lowest BCUT2D eigenvalue weighted by atomic mass is 10.0. The van der Waals surface area contributed by atoms with E-state index in [4.69, 9.17) is 4.74 Å². The van der Waals surface area contributed by atoms with Gasteiger partial charge in [0.25, 0.3) is 0 Å². The summed E-state index contributed by atoms with van der Waals surface area (Å²) in [4.78, 5) is 2.45. The van der Waals surface area contributed by atoms with E-state index in [-0.39, 0.29) is 24.0 Å². The molecule has 0 aromatic heterocycles. The number of allylic oxidation sites excluding steroid dienone is 1. The minimum atomic E-state index is 0. The number of hydrogen-bond acceptors (Lipinski definition) is 2. The summed E-state index contributed by atoms with van der Waals surface area (Å²) < 4.78 is 8.50. The van der Waals surface area contributed by atoms with Gasteiger partial charge >= 0.3 is 0 Å². The number of unbranched alkanes of at least 4 members (excludes halogenated alkanes) is 2. The molecule has 0 N–H and O–H groups in total. The Morgan fingerprint density at radius 1 is 1.03 bits per heavy atom. The summed E-state index contributed by atoms with van der Waals surface area (Å²) in [6.07, 6.45) is 11.2. The topological polar surface area (TPSA) is 15.5 Å². The number of aryl methyl sites for hydroxylation is 3. The third-order valence-corrected chi connectivity index (χ3v) is 5.68. The predicted octanol–water partition coefficient (Wildman–Crippen LogP) is 3.15. The van der Waals surface area contributed by atoms with Crippen molar-refractivity contribution >= 4 is 18.1 Å². The van der Waals surface area contributed by atoms with Crippen LogP contribution in [-0.2, 0) is 0 Å². The van der Waals surface area contributed by atoms with Crippen LogP contribution in [0.25, 0.3) is 6.08 Å². The van der Waals surface area contributed by atoms with Crippen LogP contribution in [0.4, 0.5) is 5.69 Å². The summed E-state index contributed by atoms with van der Waals surface area (Å²) in [6, 6.07) is 12.8. The number of halogens is 1. The van der Waals surface area contributed by atoms with E-state index in [0.29, 0.717) is 0 Å². The number of para-hydroxylation sites is 1. The highest BCUT2D eigenvalue weighted by atomic mass is 127. The minimum absolute atomic E-state index is 0. The van der Waals surface area contributed by atoms with E-state index in [1.54, 1.807) is 0 Å². The van der Waals surface area contributed by atoms with E-state index in [1.807, 2.05) is 13.0 Å². The summed E-state index contributed by atoms with van der Waals surface area (Å²) >= 11 is 0. The number of rotatable bonds is 9. The smallest absolute Gasteiger partial charge is 0.239 e. The zero-order valence-electron chi connectivity index (χ0n) is 19.5.